The molecule has 27 heavy (non-hydrogen) atoms. The van der Waals surface area contributed by atoms with Crippen molar-refractivity contribution in [2.45, 2.75) is 33.2 Å². The number of carbonyl (C=O) groups is 3. The summed E-state index contributed by atoms with van der Waals surface area (Å²) >= 11 is 5.33. The van der Waals surface area contributed by atoms with Crippen molar-refractivity contribution in [1.29, 1.82) is 0 Å². The quantitative estimate of drug-likeness (QED) is 0.583. The van der Waals surface area contributed by atoms with Crippen LogP contribution in [0.3, 0.4) is 0 Å². The standard InChI is InChI=1S/C19H25N3O4S/c1-12(2)11-26-16(23)10-15-18(25)20-8-9-22(15)19(27)21-17(24)14-6-4-13(3)5-7-14/h4-7,12,15H,8-11H2,1-3H3,(H,20,25)(H,21,24,27). The fraction of sp³-hybridized carbons (Fsp3) is 0.474. The number of aryl methyl sites for hydroxylation is 1. The maximum Gasteiger partial charge on any atom is 0.308 e. The Labute approximate surface area is 164 Å². The van der Waals surface area contributed by atoms with E-state index in [9.17, 15) is 14.4 Å². The summed E-state index contributed by atoms with van der Waals surface area (Å²) in [4.78, 5) is 38.2. The minimum absolute atomic E-state index is 0.122. The molecule has 0 saturated carbocycles. The van der Waals surface area contributed by atoms with E-state index in [1.807, 2.05) is 32.9 Å². The average molecular weight is 391 g/mol. The highest BCUT2D eigenvalue weighted by Crippen LogP contribution is 2.12. The van der Waals surface area contributed by atoms with Gasteiger partial charge in [-0.2, -0.15) is 0 Å². The molecule has 1 saturated heterocycles. The van der Waals surface area contributed by atoms with Crippen LogP contribution in [0.1, 0.15) is 36.2 Å². The number of esters is 1. The molecule has 0 aliphatic carbocycles. The first-order valence-electron chi connectivity index (χ1n) is 8.90. The summed E-state index contributed by atoms with van der Waals surface area (Å²) in [6, 6.07) is 6.28. The lowest BCUT2D eigenvalue weighted by Gasteiger charge is -2.36. The second kappa shape index (κ2) is 9.45. The summed E-state index contributed by atoms with van der Waals surface area (Å²) in [6.45, 7) is 6.88. The molecule has 0 spiro atoms. The van der Waals surface area contributed by atoms with Crippen molar-refractivity contribution in [3.63, 3.8) is 0 Å². The molecule has 2 amide bonds. The van der Waals surface area contributed by atoms with E-state index in [0.717, 1.165) is 5.56 Å². The van der Waals surface area contributed by atoms with Crippen LogP contribution in [0.25, 0.3) is 0 Å². The van der Waals surface area contributed by atoms with Crippen molar-refractivity contribution in [3.8, 4) is 0 Å². The van der Waals surface area contributed by atoms with Gasteiger partial charge in [0.25, 0.3) is 5.91 Å². The van der Waals surface area contributed by atoms with E-state index in [1.165, 1.54) is 0 Å². The van der Waals surface area contributed by atoms with E-state index in [0.29, 0.717) is 25.3 Å². The van der Waals surface area contributed by atoms with Gasteiger partial charge in [-0.05, 0) is 37.2 Å². The van der Waals surface area contributed by atoms with Crippen molar-refractivity contribution < 1.29 is 19.1 Å². The average Bonchev–Trinajstić information content (AvgIpc) is 2.62. The number of hydrogen-bond donors (Lipinski definition) is 2. The van der Waals surface area contributed by atoms with Crippen LogP contribution in [0, 0.1) is 12.8 Å². The highest BCUT2D eigenvalue weighted by Gasteiger charge is 2.34. The summed E-state index contributed by atoms with van der Waals surface area (Å²) in [5, 5.41) is 5.49. The fourth-order valence-corrected chi connectivity index (χ4v) is 2.89. The number of benzene rings is 1. The minimum atomic E-state index is -0.802. The third kappa shape index (κ3) is 6.02. The lowest BCUT2D eigenvalue weighted by molar-refractivity contribution is -0.148. The molecule has 1 atom stereocenters. The van der Waals surface area contributed by atoms with Crippen LogP contribution in [0.4, 0.5) is 0 Å². The first-order chi connectivity index (χ1) is 12.8. The molecular weight excluding hydrogens is 366 g/mol. The second-order valence-electron chi connectivity index (χ2n) is 6.91. The molecule has 0 aromatic heterocycles. The van der Waals surface area contributed by atoms with E-state index in [2.05, 4.69) is 10.6 Å². The van der Waals surface area contributed by atoms with Crippen molar-refractivity contribution in [1.82, 2.24) is 15.5 Å². The molecule has 0 radical (unpaired) electrons. The minimum Gasteiger partial charge on any atom is -0.465 e. The molecular formula is C19H25N3O4S. The first kappa shape index (κ1) is 20.8. The Morgan fingerprint density at radius 2 is 2.00 bits per heavy atom. The number of hydrogen-bond acceptors (Lipinski definition) is 5. The fourth-order valence-electron chi connectivity index (χ4n) is 2.58. The number of carbonyl (C=O) groups excluding carboxylic acids is 3. The Morgan fingerprint density at radius 1 is 1.33 bits per heavy atom. The van der Waals surface area contributed by atoms with Crippen LogP contribution in [0.15, 0.2) is 24.3 Å². The molecule has 146 valence electrons. The summed E-state index contributed by atoms with van der Waals surface area (Å²) in [5.41, 5.74) is 1.51. The van der Waals surface area contributed by atoms with Crippen LogP contribution in [-0.4, -0.2) is 53.5 Å². The number of amides is 2. The van der Waals surface area contributed by atoms with Gasteiger partial charge in [0.15, 0.2) is 5.11 Å². The lowest BCUT2D eigenvalue weighted by atomic mass is 10.1. The van der Waals surface area contributed by atoms with Gasteiger partial charge in [0.2, 0.25) is 5.91 Å². The predicted molar refractivity (Wildman–Crippen MR) is 105 cm³/mol. The number of nitrogens with one attached hydrogen (secondary N) is 2. The smallest absolute Gasteiger partial charge is 0.308 e. The van der Waals surface area contributed by atoms with E-state index in [4.69, 9.17) is 17.0 Å². The number of ether oxygens (including phenoxy) is 1. The Bertz CT molecular complexity index is 718. The molecule has 1 aromatic rings. The molecule has 1 aliphatic rings. The number of nitrogens with zero attached hydrogens (tertiary/aromatic N) is 1. The monoisotopic (exact) mass is 391 g/mol. The van der Waals surface area contributed by atoms with Gasteiger partial charge in [-0.3, -0.25) is 19.7 Å². The first-order valence-corrected chi connectivity index (χ1v) is 9.30. The highest BCUT2D eigenvalue weighted by atomic mass is 32.1. The van der Waals surface area contributed by atoms with E-state index in [-0.39, 0.29) is 29.3 Å². The molecule has 1 unspecified atom stereocenters. The van der Waals surface area contributed by atoms with Crippen LogP contribution in [-0.2, 0) is 14.3 Å². The van der Waals surface area contributed by atoms with Gasteiger partial charge in [-0.15, -0.1) is 0 Å². The topological polar surface area (TPSA) is 87.7 Å². The van der Waals surface area contributed by atoms with Crippen LogP contribution < -0.4 is 10.6 Å². The number of rotatable bonds is 5. The molecule has 2 rings (SSSR count). The van der Waals surface area contributed by atoms with Crippen molar-refractivity contribution in [2.24, 2.45) is 5.92 Å². The van der Waals surface area contributed by atoms with Gasteiger partial charge >= 0.3 is 5.97 Å². The molecule has 1 aromatic carbocycles. The third-order valence-electron chi connectivity index (χ3n) is 4.06. The summed E-state index contributed by atoms with van der Waals surface area (Å²) in [6.07, 6.45) is -0.126. The summed E-state index contributed by atoms with van der Waals surface area (Å²) in [5.74, 6) is -0.926. The molecule has 7 nitrogen and oxygen atoms in total. The SMILES string of the molecule is Cc1ccc(C(=O)NC(=S)N2CCNC(=O)C2CC(=O)OCC(C)C)cc1. The maximum absolute atomic E-state index is 12.4. The second-order valence-corrected chi connectivity index (χ2v) is 7.29. The summed E-state index contributed by atoms with van der Waals surface area (Å²) < 4.78 is 5.17. The predicted octanol–water partition coefficient (Wildman–Crippen LogP) is 1.40. The van der Waals surface area contributed by atoms with E-state index in [1.54, 1.807) is 17.0 Å². The third-order valence-corrected chi connectivity index (χ3v) is 4.40. The van der Waals surface area contributed by atoms with E-state index < -0.39 is 12.0 Å². The van der Waals surface area contributed by atoms with Gasteiger partial charge in [-0.25, -0.2) is 0 Å². The molecule has 1 fully saturated rings. The summed E-state index contributed by atoms with van der Waals surface area (Å²) in [7, 11) is 0. The Balaban J connectivity index is 2.02. The van der Waals surface area contributed by atoms with Gasteiger partial charge in [0.1, 0.15) is 6.04 Å². The van der Waals surface area contributed by atoms with Crippen LogP contribution in [0.5, 0.6) is 0 Å². The van der Waals surface area contributed by atoms with Crippen LogP contribution >= 0.6 is 12.2 Å². The largest absolute Gasteiger partial charge is 0.465 e. The zero-order valence-electron chi connectivity index (χ0n) is 15.8. The Hall–Kier alpha value is -2.48. The van der Waals surface area contributed by atoms with E-state index >= 15 is 0 Å². The van der Waals surface area contributed by atoms with Crippen molar-refractivity contribution in [2.75, 3.05) is 19.7 Å². The molecule has 2 N–H and O–H groups in total. The normalized spacial score (nSPS) is 16.7. The lowest BCUT2D eigenvalue weighted by Crippen LogP contribution is -2.60. The Kier molecular flexibility index (Phi) is 7.29. The zero-order chi connectivity index (χ0) is 20.0. The molecule has 8 heteroatoms. The molecule has 0 bridgehead atoms. The molecule has 1 heterocycles. The van der Waals surface area contributed by atoms with Crippen LogP contribution in [0.2, 0.25) is 0 Å². The number of thiocarbonyl (C=S) groups is 1. The zero-order valence-corrected chi connectivity index (χ0v) is 16.6. The van der Waals surface area contributed by atoms with Crippen molar-refractivity contribution >= 4 is 35.1 Å². The highest BCUT2D eigenvalue weighted by molar-refractivity contribution is 7.80. The van der Waals surface area contributed by atoms with Gasteiger partial charge in [-0.1, -0.05) is 31.5 Å². The van der Waals surface area contributed by atoms with Gasteiger partial charge in [0, 0.05) is 18.7 Å². The van der Waals surface area contributed by atoms with Gasteiger partial charge in [0.05, 0.1) is 13.0 Å². The van der Waals surface area contributed by atoms with Gasteiger partial charge < -0.3 is 15.0 Å². The van der Waals surface area contributed by atoms with Crippen molar-refractivity contribution in [3.05, 3.63) is 35.4 Å². The maximum atomic E-state index is 12.4. The Morgan fingerprint density at radius 3 is 2.63 bits per heavy atom. The number of piperazine rings is 1. The molecule has 1 aliphatic heterocycles.